The number of hydrogen-bond donors (Lipinski definition) is 2. The fourth-order valence-electron chi connectivity index (χ4n) is 2.85. The molecule has 0 unspecified atom stereocenters. The van der Waals surface area contributed by atoms with Crippen LogP contribution in [0.25, 0.3) is 11.3 Å². The molecule has 27 heavy (non-hydrogen) atoms. The van der Waals surface area contributed by atoms with E-state index >= 15 is 0 Å². The van der Waals surface area contributed by atoms with Crippen LogP contribution in [0.1, 0.15) is 35.7 Å². The molecule has 5 heteroatoms. The lowest BCUT2D eigenvalue weighted by Gasteiger charge is -2.10. The Kier molecular flexibility index (Phi) is 6.09. The number of nitrogens with zero attached hydrogens (tertiary/aromatic N) is 1. The average Bonchev–Trinajstić information content (AvgIpc) is 2.67. The maximum atomic E-state index is 12.6. The van der Waals surface area contributed by atoms with Gasteiger partial charge < -0.3 is 11.1 Å². The monoisotopic (exact) mass is 379 g/mol. The van der Waals surface area contributed by atoms with Crippen molar-refractivity contribution in [1.82, 2.24) is 4.98 Å². The van der Waals surface area contributed by atoms with Crippen LogP contribution in [-0.2, 0) is 6.42 Å². The first-order valence-corrected chi connectivity index (χ1v) is 9.37. The van der Waals surface area contributed by atoms with Crippen molar-refractivity contribution in [2.45, 2.75) is 26.2 Å². The number of anilines is 2. The van der Waals surface area contributed by atoms with Gasteiger partial charge in [-0.05, 0) is 54.8 Å². The second-order valence-electron chi connectivity index (χ2n) is 6.39. The summed E-state index contributed by atoms with van der Waals surface area (Å²) in [7, 11) is 0. The largest absolute Gasteiger partial charge is 0.398 e. The lowest BCUT2D eigenvalue weighted by molar-refractivity contribution is 0.102. The molecule has 3 aromatic rings. The quantitative estimate of drug-likeness (QED) is 0.549. The first-order valence-electron chi connectivity index (χ1n) is 8.99. The molecule has 2 aromatic carbocycles. The predicted molar refractivity (Wildman–Crippen MR) is 112 cm³/mol. The van der Waals surface area contributed by atoms with Gasteiger partial charge in [0.05, 0.1) is 16.3 Å². The Hall–Kier alpha value is -2.85. The number of pyridine rings is 1. The van der Waals surface area contributed by atoms with Gasteiger partial charge in [0.1, 0.15) is 0 Å². The topological polar surface area (TPSA) is 68.0 Å². The highest BCUT2D eigenvalue weighted by molar-refractivity contribution is 6.33. The minimum absolute atomic E-state index is 0.243. The molecule has 0 aliphatic heterocycles. The summed E-state index contributed by atoms with van der Waals surface area (Å²) in [6, 6.07) is 16.7. The van der Waals surface area contributed by atoms with Crippen molar-refractivity contribution >= 4 is 28.9 Å². The van der Waals surface area contributed by atoms with Crippen LogP contribution in [0.3, 0.4) is 0 Å². The standard InChI is InChI=1S/C22H22ClN3O/c1-2-3-5-15-7-10-17(11-8-15)26-22(27)18-12-9-16(14-20(18)24)21-19(23)6-4-13-25-21/h4,6-14H,2-3,5,24H2,1H3,(H,26,27). The van der Waals surface area contributed by atoms with Crippen molar-refractivity contribution in [3.63, 3.8) is 0 Å². The molecule has 0 saturated heterocycles. The van der Waals surface area contributed by atoms with Gasteiger partial charge in [0.15, 0.2) is 0 Å². The Labute approximate surface area is 164 Å². The van der Waals surface area contributed by atoms with Crippen molar-refractivity contribution in [3.8, 4) is 11.3 Å². The van der Waals surface area contributed by atoms with Gasteiger partial charge in [0.2, 0.25) is 0 Å². The zero-order valence-corrected chi connectivity index (χ0v) is 16.0. The number of halogens is 1. The minimum Gasteiger partial charge on any atom is -0.398 e. The van der Waals surface area contributed by atoms with E-state index in [1.807, 2.05) is 24.3 Å². The van der Waals surface area contributed by atoms with Gasteiger partial charge in [-0.1, -0.05) is 43.1 Å². The smallest absolute Gasteiger partial charge is 0.257 e. The zero-order valence-electron chi connectivity index (χ0n) is 15.2. The minimum atomic E-state index is -0.243. The normalized spacial score (nSPS) is 10.6. The number of aryl methyl sites for hydroxylation is 1. The molecule has 0 atom stereocenters. The van der Waals surface area contributed by atoms with E-state index < -0.39 is 0 Å². The Balaban J connectivity index is 1.74. The van der Waals surface area contributed by atoms with Gasteiger partial charge in [-0.2, -0.15) is 0 Å². The summed E-state index contributed by atoms with van der Waals surface area (Å²) in [6.45, 7) is 2.17. The molecule has 4 nitrogen and oxygen atoms in total. The molecule has 0 saturated carbocycles. The number of nitrogens with two attached hydrogens (primary N) is 1. The lowest BCUT2D eigenvalue weighted by Crippen LogP contribution is -2.14. The molecular formula is C22H22ClN3O. The number of unbranched alkanes of at least 4 members (excludes halogenated alkanes) is 1. The van der Waals surface area contributed by atoms with E-state index in [1.165, 1.54) is 5.56 Å². The summed E-state index contributed by atoms with van der Waals surface area (Å²) >= 11 is 6.18. The summed E-state index contributed by atoms with van der Waals surface area (Å²) < 4.78 is 0. The SMILES string of the molecule is CCCCc1ccc(NC(=O)c2ccc(-c3ncccc3Cl)cc2N)cc1. The number of nitrogens with one attached hydrogen (secondary N) is 1. The fraction of sp³-hybridized carbons (Fsp3) is 0.182. The molecular weight excluding hydrogens is 358 g/mol. The molecule has 138 valence electrons. The van der Waals surface area contributed by atoms with Gasteiger partial charge in [-0.25, -0.2) is 0 Å². The van der Waals surface area contributed by atoms with E-state index in [2.05, 4.69) is 17.2 Å². The first-order chi connectivity index (χ1) is 13.1. The molecule has 1 amide bonds. The summed E-state index contributed by atoms with van der Waals surface area (Å²) in [5.41, 5.74) is 10.3. The average molecular weight is 380 g/mol. The van der Waals surface area contributed by atoms with E-state index in [4.69, 9.17) is 17.3 Å². The highest BCUT2D eigenvalue weighted by Gasteiger charge is 2.13. The second kappa shape index (κ2) is 8.69. The molecule has 3 N–H and O–H groups in total. The van der Waals surface area contributed by atoms with Crippen molar-refractivity contribution in [3.05, 3.63) is 76.9 Å². The van der Waals surface area contributed by atoms with Gasteiger partial charge in [-0.15, -0.1) is 0 Å². The number of carbonyl (C=O) groups is 1. The third-order valence-electron chi connectivity index (χ3n) is 4.36. The van der Waals surface area contributed by atoms with Gasteiger partial charge >= 0.3 is 0 Å². The molecule has 1 aromatic heterocycles. The first kappa shape index (κ1) is 18.9. The van der Waals surface area contributed by atoms with Crippen LogP contribution in [0.15, 0.2) is 60.8 Å². The van der Waals surface area contributed by atoms with Crippen LogP contribution >= 0.6 is 11.6 Å². The van der Waals surface area contributed by atoms with Crippen LogP contribution in [-0.4, -0.2) is 10.9 Å². The zero-order chi connectivity index (χ0) is 19.2. The highest BCUT2D eigenvalue weighted by Crippen LogP contribution is 2.28. The number of nitrogen functional groups attached to an aromatic ring is 1. The molecule has 0 aliphatic carbocycles. The lowest BCUT2D eigenvalue weighted by atomic mass is 10.1. The molecule has 0 fully saturated rings. The molecule has 0 bridgehead atoms. The van der Waals surface area contributed by atoms with E-state index in [1.54, 1.807) is 36.5 Å². The maximum Gasteiger partial charge on any atom is 0.257 e. The molecule has 3 rings (SSSR count). The summed E-state index contributed by atoms with van der Waals surface area (Å²) in [5.74, 6) is -0.243. The van der Waals surface area contributed by atoms with E-state index in [-0.39, 0.29) is 5.91 Å². The Morgan fingerprint density at radius 1 is 1.15 bits per heavy atom. The van der Waals surface area contributed by atoms with Crippen LogP contribution in [0.5, 0.6) is 0 Å². The third-order valence-corrected chi connectivity index (χ3v) is 4.66. The second-order valence-corrected chi connectivity index (χ2v) is 6.80. The molecule has 0 radical (unpaired) electrons. The Bertz CT molecular complexity index is 939. The van der Waals surface area contributed by atoms with E-state index in [0.29, 0.717) is 22.0 Å². The highest BCUT2D eigenvalue weighted by atomic mass is 35.5. The van der Waals surface area contributed by atoms with Gasteiger partial charge in [0.25, 0.3) is 5.91 Å². The molecule has 1 heterocycles. The van der Waals surface area contributed by atoms with E-state index in [9.17, 15) is 4.79 Å². The van der Waals surface area contributed by atoms with E-state index in [0.717, 1.165) is 30.5 Å². The number of carbonyl (C=O) groups excluding carboxylic acids is 1. The molecule has 0 aliphatic rings. The van der Waals surface area contributed by atoms with Crippen molar-refractivity contribution in [1.29, 1.82) is 0 Å². The van der Waals surface area contributed by atoms with Crippen molar-refractivity contribution < 1.29 is 4.79 Å². The van der Waals surface area contributed by atoms with Crippen molar-refractivity contribution in [2.75, 3.05) is 11.1 Å². The Morgan fingerprint density at radius 3 is 2.59 bits per heavy atom. The number of aromatic nitrogens is 1. The summed E-state index contributed by atoms with van der Waals surface area (Å²) in [6.07, 6.45) is 5.05. The van der Waals surface area contributed by atoms with Crippen LogP contribution in [0.2, 0.25) is 5.02 Å². The van der Waals surface area contributed by atoms with Crippen LogP contribution < -0.4 is 11.1 Å². The number of amides is 1. The summed E-state index contributed by atoms with van der Waals surface area (Å²) in [4.78, 5) is 16.8. The number of benzene rings is 2. The van der Waals surface area contributed by atoms with Gasteiger partial charge in [0, 0.05) is 23.1 Å². The van der Waals surface area contributed by atoms with Crippen LogP contribution in [0.4, 0.5) is 11.4 Å². The molecule has 0 spiro atoms. The van der Waals surface area contributed by atoms with Crippen molar-refractivity contribution in [2.24, 2.45) is 0 Å². The summed E-state index contributed by atoms with van der Waals surface area (Å²) in [5, 5.41) is 3.43. The maximum absolute atomic E-state index is 12.6. The fourth-order valence-corrected chi connectivity index (χ4v) is 3.08. The van der Waals surface area contributed by atoms with Gasteiger partial charge in [-0.3, -0.25) is 9.78 Å². The predicted octanol–water partition coefficient (Wildman–Crippen LogP) is 5.58. The Morgan fingerprint density at radius 2 is 1.93 bits per heavy atom. The number of hydrogen-bond acceptors (Lipinski definition) is 3. The van der Waals surface area contributed by atoms with Crippen LogP contribution in [0, 0.1) is 0 Å². The number of rotatable bonds is 6. The third kappa shape index (κ3) is 4.66.